The van der Waals surface area contributed by atoms with E-state index in [-0.39, 0.29) is 11.3 Å². The molecule has 0 radical (unpaired) electrons. The van der Waals surface area contributed by atoms with Crippen molar-refractivity contribution in [3.05, 3.63) is 62.2 Å². The molecule has 0 aliphatic carbocycles. The molecule has 0 saturated carbocycles. The Labute approximate surface area is 160 Å². The van der Waals surface area contributed by atoms with E-state index >= 15 is 0 Å². The van der Waals surface area contributed by atoms with Gasteiger partial charge in [-0.05, 0) is 49.2 Å². The van der Waals surface area contributed by atoms with Gasteiger partial charge in [0.25, 0.3) is 5.56 Å². The number of halogens is 1. The van der Waals surface area contributed by atoms with Crippen molar-refractivity contribution in [1.82, 2.24) is 9.78 Å². The standard InChI is InChI=1S/C18H13ClN2O3S2/c1-10(22)15-9-14-17-11(6-7-26(24)18(14)25-15)8-16(23)21(20-17)13-4-2-12(19)3-5-13/h2-5,8-9H,6-7H2,1H3. The third-order valence-corrected chi connectivity index (χ3v) is 7.44. The van der Waals surface area contributed by atoms with Crippen LogP contribution < -0.4 is 5.56 Å². The summed E-state index contributed by atoms with van der Waals surface area (Å²) < 4.78 is 14.5. The number of hydrogen-bond acceptors (Lipinski definition) is 5. The second kappa shape index (κ2) is 6.57. The molecule has 0 saturated heterocycles. The summed E-state index contributed by atoms with van der Waals surface area (Å²) in [6, 6.07) is 10.1. The molecule has 1 atom stereocenters. The number of Topliss-reactive ketones (excluding diaryl/α,β-unsaturated/α-hetero) is 1. The molecule has 1 aromatic carbocycles. The molecule has 3 heterocycles. The number of carbonyl (C=O) groups excluding carboxylic acids is 1. The highest BCUT2D eigenvalue weighted by molar-refractivity contribution is 7.87. The Morgan fingerprint density at radius 3 is 2.69 bits per heavy atom. The van der Waals surface area contributed by atoms with Gasteiger partial charge in [0.1, 0.15) is 4.21 Å². The minimum atomic E-state index is -1.22. The molecule has 1 aliphatic rings. The number of fused-ring (bicyclic) bond motifs is 3. The van der Waals surface area contributed by atoms with E-state index in [0.717, 1.165) is 5.56 Å². The third-order valence-electron chi connectivity index (χ3n) is 4.15. The van der Waals surface area contributed by atoms with Gasteiger partial charge in [0.05, 0.1) is 27.1 Å². The van der Waals surface area contributed by atoms with Crippen molar-refractivity contribution < 1.29 is 9.00 Å². The van der Waals surface area contributed by atoms with Gasteiger partial charge in [0.15, 0.2) is 5.78 Å². The van der Waals surface area contributed by atoms with Gasteiger partial charge >= 0.3 is 0 Å². The van der Waals surface area contributed by atoms with Crippen LogP contribution in [0.5, 0.6) is 0 Å². The van der Waals surface area contributed by atoms with Gasteiger partial charge < -0.3 is 0 Å². The number of hydrogen-bond donors (Lipinski definition) is 0. The van der Waals surface area contributed by atoms with Crippen LogP contribution in [0.15, 0.2) is 45.4 Å². The van der Waals surface area contributed by atoms with Gasteiger partial charge in [0.2, 0.25) is 0 Å². The fraction of sp³-hybridized carbons (Fsp3) is 0.167. The molecule has 0 amide bonds. The van der Waals surface area contributed by atoms with Gasteiger partial charge in [-0.1, -0.05) is 11.6 Å². The summed E-state index contributed by atoms with van der Waals surface area (Å²) in [4.78, 5) is 24.8. The fourth-order valence-electron chi connectivity index (χ4n) is 2.85. The van der Waals surface area contributed by atoms with Crippen LogP contribution in [0.25, 0.3) is 16.9 Å². The number of benzene rings is 1. The summed E-state index contributed by atoms with van der Waals surface area (Å²) in [7, 11) is -1.22. The summed E-state index contributed by atoms with van der Waals surface area (Å²) in [5.74, 6) is 0.330. The first kappa shape index (κ1) is 17.3. The zero-order valence-corrected chi connectivity index (χ0v) is 16.1. The van der Waals surface area contributed by atoms with E-state index in [1.165, 1.54) is 29.0 Å². The Hall–Kier alpha value is -2.09. The fourth-order valence-corrected chi connectivity index (χ4v) is 5.65. The van der Waals surface area contributed by atoms with Crippen molar-refractivity contribution in [3.63, 3.8) is 0 Å². The molecule has 1 aliphatic heterocycles. The number of aryl methyl sites for hydroxylation is 1. The topological polar surface area (TPSA) is 69.0 Å². The molecule has 2 aromatic heterocycles. The first-order valence-corrected chi connectivity index (χ1v) is 10.4. The summed E-state index contributed by atoms with van der Waals surface area (Å²) in [5.41, 5.74) is 2.36. The quantitative estimate of drug-likeness (QED) is 0.613. The van der Waals surface area contributed by atoms with E-state index in [9.17, 15) is 13.8 Å². The van der Waals surface area contributed by atoms with E-state index in [2.05, 4.69) is 5.10 Å². The molecule has 0 N–H and O–H groups in total. The maximum atomic E-state index is 12.6. The molecule has 0 bridgehead atoms. The highest BCUT2D eigenvalue weighted by Crippen LogP contribution is 2.37. The van der Waals surface area contributed by atoms with Crippen molar-refractivity contribution in [2.45, 2.75) is 17.6 Å². The monoisotopic (exact) mass is 404 g/mol. The molecule has 5 nitrogen and oxygen atoms in total. The molecule has 132 valence electrons. The highest BCUT2D eigenvalue weighted by Gasteiger charge is 2.26. The molecule has 3 aromatic rings. The first-order valence-electron chi connectivity index (χ1n) is 7.87. The molecule has 0 spiro atoms. The van der Waals surface area contributed by atoms with Crippen LogP contribution in [0, 0.1) is 0 Å². The highest BCUT2D eigenvalue weighted by atomic mass is 35.5. The lowest BCUT2D eigenvalue weighted by Gasteiger charge is -2.10. The lowest BCUT2D eigenvalue weighted by Crippen LogP contribution is -2.22. The Kier molecular flexibility index (Phi) is 4.38. The number of ketones is 1. The van der Waals surface area contributed by atoms with E-state index in [4.69, 9.17) is 11.6 Å². The largest absolute Gasteiger partial charge is 0.294 e. The summed E-state index contributed by atoms with van der Waals surface area (Å²) in [6.07, 6.45) is 0.502. The molecule has 4 rings (SSSR count). The second-order valence-electron chi connectivity index (χ2n) is 5.91. The first-order chi connectivity index (χ1) is 12.4. The maximum Gasteiger partial charge on any atom is 0.271 e. The van der Waals surface area contributed by atoms with Crippen LogP contribution in [0.4, 0.5) is 0 Å². The van der Waals surface area contributed by atoms with Gasteiger partial charge in [-0.15, -0.1) is 11.3 Å². The summed E-state index contributed by atoms with van der Waals surface area (Å²) >= 11 is 7.16. The lowest BCUT2D eigenvalue weighted by molar-refractivity contribution is 0.102. The van der Waals surface area contributed by atoms with Crippen LogP contribution in [0.2, 0.25) is 5.02 Å². The molecule has 1 unspecified atom stereocenters. The Morgan fingerprint density at radius 1 is 1.27 bits per heavy atom. The summed E-state index contributed by atoms with van der Waals surface area (Å²) in [5, 5.41) is 5.11. The lowest BCUT2D eigenvalue weighted by atomic mass is 10.1. The molecular weight excluding hydrogens is 392 g/mol. The molecule has 26 heavy (non-hydrogen) atoms. The van der Waals surface area contributed by atoms with E-state index < -0.39 is 10.8 Å². The van der Waals surface area contributed by atoms with Crippen molar-refractivity contribution in [3.8, 4) is 16.9 Å². The predicted molar refractivity (Wildman–Crippen MR) is 103 cm³/mol. The average molecular weight is 405 g/mol. The van der Waals surface area contributed by atoms with Gasteiger partial charge in [-0.2, -0.15) is 9.78 Å². The molecular formula is C18H13ClN2O3S2. The van der Waals surface area contributed by atoms with Crippen LogP contribution in [-0.4, -0.2) is 25.5 Å². The number of carbonyl (C=O) groups is 1. The zero-order valence-electron chi connectivity index (χ0n) is 13.7. The Balaban J connectivity index is 1.96. The summed E-state index contributed by atoms with van der Waals surface area (Å²) in [6.45, 7) is 1.48. The van der Waals surface area contributed by atoms with Crippen LogP contribution in [0.1, 0.15) is 22.2 Å². The Bertz CT molecular complexity index is 1120. The molecule has 8 heteroatoms. The van der Waals surface area contributed by atoms with Crippen molar-refractivity contribution in [1.29, 1.82) is 0 Å². The molecule has 0 fully saturated rings. The average Bonchev–Trinajstić information content (AvgIpc) is 3.01. The second-order valence-corrected chi connectivity index (χ2v) is 9.17. The maximum absolute atomic E-state index is 12.6. The predicted octanol–water partition coefficient (Wildman–Crippen LogP) is 3.48. The van der Waals surface area contributed by atoms with E-state index in [1.54, 1.807) is 30.3 Å². The number of aromatic nitrogens is 2. The van der Waals surface area contributed by atoms with Gasteiger partial charge in [-0.25, -0.2) is 0 Å². The number of nitrogens with zero attached hydrogens (tertiary/aromatic N) is 2. The van der Waals surface area contributed by atoms with Crippen molar-refractivity contribution in [2.24, 2.45) is 0 Å². The Morgan fingerprint density at radius 2 is 2.00 bits per heavy atom. The van der Waals surface area contributed by atoms with E-state index in [1.807, 2.05) is 0 Å². The smallest absolute Gasteiger partial charge is 0.271 e. The van der Waals surface area contributed by atoms with Crippen molar-refractivity contribution in [2.75, 3.05) is 5.75 Å². The van der Waals surface area contributed by atoms with Gasteiger partial charge in [-0.3, -0.25) is 13.8 Å². The van der Waals surface area contributed by atoms with E-state index in [0.29, 0.717) is 43.2 Å². The van der Waals surface area contributed by atoms with Crippen LogP contribution >= 0.6 is 22.9 Å². The van der Waals surface area contributed by atoms with Crippen LogP contribution in [0.3, 0.4) is 0 Å². The number of thiophene rings is 1. The van der Waals surface area contributed by atoms with Crippen LogP contribution in [-0.2, 0) is 17.2 Å². The third kappa shape index (κ3) is 2.96. The zero-order chi connectivity index (χ0) is 18.4. The SMILES string of the molecule is CC(=O)c1cc2c(s1)S(=O)CCc1cc(=O)n(-c3ccc(Cl)cc3)nc1-2. The van der Waals surface area contributed by atoms with Crippen molar-refractivity contribution >= 4 is 39.5 Å². The minimum Gasteiger partial charge on any atom is -0.294 e. The normalized spacial score (nSPS) is 15.8. The number of rotatable bonds is 2. The minimum absolute atomic E-state index is 0.0763. The van der Waals surface area contributed by atoms with Gasteiger partial charge in [0, 0.05) is 22.4 Å².